The van der Waals surface area contributed by atoms with Crippen molar-refractivity contribution >= 4 is 23.4 Å². The Kier molecular flexibility index (Phi) is 9.95. The minimum Gasteiger partial charge on any atom is -0.484 e. The molecule has 3 aromatic rings. The average molecular weight is 507 g/mol. The molecule has 0 aliphatic heterocycles. The van der Waals surface area contributed by atoms with E-state index in [2.05, 4.69) is 5.32 Å². The number of aryl methyl sites for hydroxylation is 2. The summed E-state index contributed by atoms with van der Waals surface area (Å²) < 4.78 is 5.90. The molecule has 0 aliphatic rings. The van der Waals surface area contributed by atoms with Crippen LogP contribution < -0.4 is 10.1 Å². The molecule has 2 atom stereocenters. The van der Waals surface area contributed by atoms with Gasteiger partial charge in [-0.3, -0.25) is 9.59 Å². The van der Waals surface area contributed by atoms with Gasteiger partial charge in [0.05, 0.1) is 0 Å². The minimum absolute atomic E-state index is 0.000665. The summed E-state index contributed by atoms with van der Waals surface area (Å²) >= 11 is 6.28. The Morgan fingerprint density at radius 2 is 1.50 bits per heavy atom. The van der Waals surface area contributed by atoms with Gasteiger partial charge in [0.25, 0.3) is 5.91 Å². The van der Waals surface area contributed by atoms with Gasteiger partial charge >= 0.3 is 0 Å². The number of ether oxygens (including phenoxy) is 1. The molecule has 36 heavy (non-hydrogen) atoms. The van der Waals surface area contributed by atoms with Crippen LogP contribution >= 0.6 is 11.6 Å². The van der Waals surface area contributed by atoms with Crippen molar-refractivity contribution in [2.75, 3.05) is 6.61 Å². The van der Waals surface area contributed by atoms with Crippen LogP contribution in [0.15, 0.2) is 72.8 Å². The van der Waals surface area contributed by atoms with E-state index in [1.165, 1.54) is 0 Å². The van der Waals surface area contributed by atoms with Crippen LogP contribution in [0.3, 0.4) is 0 Å². The van der Waals surface area contributed by atoms with Gasteiger partial charge in [-0.05, 0) is 61.6 Å². The van der Waals surface area contributed by atoms with Crippen LogP contribution in [-0.4, -0.2) is 35.4 Å². The molecule has 2 amide bonds. The van der Waals surface area contributed by atoms with Crippen LogP contribution in [0.2, 0.25) is 5.02 Å². The number of benzene rings is 3. The van der Waals surface area contributed by atoms with Gasteiger partial charge < -0.3 is 15.0 Å². The molecular formula is C30H35ClN2O3. The van der Waals surface area contributed by atoms with E-state index in [0.717, 1.165) is 28.7 Å². The molecule has 0 aliphatic carbocycles. The maximum Gasteiger partial charge on any atom is 0.261 e. The molecule has 1 N–H and O–H groups in total. The molecular weight excluding hydrogens is 472 g/mol. The van der Waals surface area contributed by atoms with E-state index >= 15 is 0 Å². The van der Waals surface area contributed by atoms with Gasteiger partial charge in [0.15, 0.2) is 6.61 Å². The number of nitrogens with zero attached hydrogens (tertiary/aromatic N) is 1. The summed E-state index contributed by atoms with van der Waals surface area (Å²) in [7, 11) is 0. The molecule has 6 heteroatoms. The lowest BCUT2D eigenvalue weighted by Crippen LogP contribution is -2.53. The Balaban J connectivity index is 1.90. The zero-order valence-electron chi connectivity index (χ0n) is 21.5. The summed E-state index contributed by atoms with van der Waals surface area (Å²) in [5.41, 5.74) is 3.70. The van der Waals surface area contributed by atoms with Gasteiger partial charge in [0, 0.05) is 24.0 Å². The highest BCUT2D eigenvalue weighted by atomic mass is 35.5. The maximum atomic E-state index is 13.6. The number of halogens is 1. The van der Waals surface area contributed by atoms with Crippen molar-refractivity contribution in [3.8, 4) is 5.75 Å². The van der Waals surface area contributed by atoms with E-state index in [0.29, 0.717) is 23.7 Å². The number of hydrogen-bond donors (Lipinski definition) is 1. The van der Waals surface area contributed by atoms with Crippen molar-refractivity contribution in [1.29, 1.82) is 0 Å². The molecule has 0 unspecified atom stereocenters. The van der Waals surface area contributed by atoms with Crippen molar-refractivity contribution in [2.45, 2.75) is 59.2 Å². The van der Waals surface area contributed by atoms with Crippen molar-refractivity contribution in [3.05, 3.63) is 100 Å². The highest BCUT2D eigenvalue weighted by Crippen LogP contribution is 2.26. The Labute approximate surface area is 219 Å². The summed E-state index contributed by atoms with van der Waals surface area (Å²) in [4.78, 5) is 28.8. The molecule has 0 heterocycles. The number of nitrogens with one attached hydrogen (secondary N) is 1. The molecule has 5 nitrogen and oxygen atoms in total. The predicted molar refractivity (Wildman–Crippen MR) is 145 cm³/mol. The van der Waals surface area contributed by atoms with Gasteiger partial charge in [0.1, 0.15) is 11.8 Å². The smallest absolute Gasteiger partial charge is 0.261 e. The van der Waals surface area contributed by atoms with Crippen molar-refractivity contribution < 1.29 is 14.3 Å². The molecule has 3 aromatic carbocycles. The van der Waals surface area contributed by atoms with Crippen molar-refractivity contribution in [1.82, 2.24) is 10.2 Å². The Morgan fingerprint density at radius 1 is 0.944 bits per heavy atom. The second-order valence-corrected chi connectivity index (χ2v) is 9.57. The van der Waals surface area contributed by atoms with E-state index < -0.39 is 6.04 Å². The fourth-order valence-electron chi connectivity index (χ4n) is 3.99. The predicted octanol–water partition coefficient (Wildman–Crippen LogP) is 5.89. The fourth-order valence-corrected chi connectivity index (χ4v) is 4.10. The molecule has 3 rings (SSSR count). The average Bonchev–Trinajstić information content (AvgIpc) is 2.88. The summed E-state index contributed by atoms with van der Waals surface area (Å²) in [6, 6.07) is 22.4. The number of rotatable bonds is 11. The lowest BCUT2D eigenvalue weighted by Gasteiger charge is -2.32. The normalized spacial score (nSPS) is 12.5. The van der Waals surface area contributed by atoms with Crippen LogP contribution in [0, 0.1) is 13.8 Å². The first kappa shape index (κ1) is 27.3. The van der Waals surface area contributed by atoms with Crippen LogP contribution in [0.1, 0.15) is 42.5 Å². The van der Waals surface area contributed by atoms with E-state index in [4.69, 9.17) is 16.3 Å². The van der Waals surface area contributed by atoms with Crippen LogP contribution in [-0.2, 0) is 22.6 Å². The third kappa shape index (κ3) is 7.59. The Hall–Kier alpha value is -3.31. The van der Waals surface area contributed by atoms with Gasteiger partial charge in [-0.15, -0.1) is 0 Å². The van der Waals surface area contributed by atoms with Crippen molar-refractivity contribution in [3.63, 3.8) is 0 Å². The molecule has 0 radical (unpaired) electrons. The lowest BCUT2D eigenvalue weighted by atomic mass is 10.0. The SMILES string of the molecule is CC[C@@H](C)NC(=O)[C@@H](Cc1ccccc1)N(Cc1ccccc1)C(=O)COc1cc(C)c(Cl)c(C)c1. The fraction of sp³-hybridized carbons (Fsp3) is 0.333. The zero-order chi connectivity index (χ0) is 26.1. The van der Waals surface area contributed by atoms with Gasteiger partial charge in [0.2, 0.25) is 5.91 Å². The molecule has 0 saturated heterocycles. The monoisotopic (exact) mass is 506 g/mol. The van der Waals surface area contributed by atoms with E-state index in [1.807, 2.05) is 100 Å². The maximum absolute atomic E-state index is 13.6. The van der Waals surface area contributed by atoms with Crippen LogP contribution in [0.25, 0.3) is 0 Å². The first-order chi connectivity index (χ1) is 17.3. The zero-order valence-corrected chi connectivity index (χ0v) is 22.2. The van der Waals surface area contributed by atoms with E-state index in [9.17, 15) is 9.59 Å². The number of amides is 2. The molecule has 0 spiro atoms. The summed E-state index contributed by atoms with van der Waals surface area (Å²) in [5, 5.41) is 3.76. The third-order valence-corrected chi connectivity index (χ3v) is 6.84. The minimum atomic E-state index is -0.689. The Morgan fingerprint density at radius 3 is 2.06 bits per heavy atom. The van der Waals surface area contributed by atoms with E-state index in [1.54, 1.807) is 4.90 Å². The largest absolute Gasteiger partial charge is 0.484 e. The van der Waals surface area contributed by atoms with E-state index in [-0.39, 0.29) is 24.5 Å². The summed E-state index contributed by atoms with van der Waals surface area (Å²) in [6.07, 6.45) is 1.20. The highest BCUT2D eigenvalue weighted by molar-refractivity contribution is 6.32. The number of hydrogen-bond acceptors (Lipinski definition) is 3. The van der Waals surface area contributed by atoms with Crippen LogP contribution in [0.5, 0.6) is 5.75 Å². The second kappa shape index (κ2) is 13.1. The van der Waals surface area contributed by atoms with Crippen molar-refractivity contribution in [2.24, 2.45) is 0 Å². The number of carbonyl (C=O) groups excluding carboxylic acids is 2. The lowest BCUT2D eigenvalue weighted by molar-refractivity contribution is -0.143. The molecule has 0 fully saturated rings. The standard InChI is InChI=1S/C30H35ClN2O3/c1-5-23(4)32-30(35)27(18-24-12-8-6-9-13-24)33(19-25-14-10-7-11-15-25)28(34)20-36-26-16-21(2)29(31)22(3)17-26/h6-17,23,27H,5,18-20H2,1-4H3,(H,32,35)/t23-,27-/m1/s1. The van der Waals surface area contributed by atoms with Crippen LogP contribution in [0.4, 0.5) is 0 Å². The summed E-state index contributed by atoms with van der Waals surface area (Å²) in [5.74, 6) is 0.145. The Bertz CT molecular complexity index is 1130. The highest BCUT2D eigenvalue weighted by Gasteiger charge is 2.31. The first-order valence-electron chi connectivity index (χ1n) is 12.4. The quantitative estimate of drug-likeness (QED) is 0.352. The topological polar surface area (TPSA) is 58.6 Å². The first-order valence-corrected chi connectivity index (χ1v) is 12.7. The third-order valence-electron chi connectivity index (χ3n) is 6.24. The van der Waals surface area contributed by atoms with Gasteiger partial charge in [-0.1, -0.05) is 79.2 Å². The molecule has 0 aromatic heterocycles. The second-order valence-electron chi connectivity index (χ2n) is 9.19. The van der Waals surface area contributed by atoms with Gasteiger partial charge in [-0.2, -0.15) is 0 Å². The molecule has 0 saturated carbocycles. The summed E-state index contributed by atoms with van der Waals surface area (Å²) in [6.45, 7) is 7.91. The number of carbonyl (C=O) groups is 2. The van der Waals surface area contributed by atoms with Gasteiger partial charge in [-0.25, -0.2) is 0 Å². The molecule has 190 valence electrons. The molecule has 0 bridgehead atoms.